The molecule has 0 spiro atoms. The van der Waals surface area contributed by atoms with Crippen LogP contribution >= 0.6 is 0 Å². The topological polar surface area (TPSA) is 102 Å². The summed E-state index contributed by atoms with van der Waals surface area (Å²) < 4.78 is 19.8. The molecular weight excluding hydrogens is 377 g/mol. The van der Waals surface area contributed by atoms with Crippen LogP contribution in [0.4, 0.5) is 10.3 Å². The van der Waals surface area contributed by atoms with Crippen LogP contribution in [0.3, 0.4) is 0 Å². The van der Waals surface area contributed by atoms with Crippen LogP contribution in [0.15, 0.2) is 64.3 Å². The number of benzene rings is 2. The minimum absolute atomic E-state index is 0.0933. The SMILES string of the molecule is COc1ccc(-n2c(=O)[nH]c3nc(NCc4ccccc4F)ncc3c2=O)cc1. The van der Waals surface area contributed by atoms with E-state index in [9.17, 15) is 14.0 Å². The Balaban J connectivity index is 1.69. The summed E-state index contributed by atoms with van der Waals surface area (Å²) in [5.74, 6) is 0.419. The van der Waals surface area contributed by atoms with Crippen molar-refractivity contribution in [2.75, 3.05) is 12.4 Å². The van der Waals surface area contributed by atoms with Crippen molar-refractivity contribution in [1.29, 1.82) is 0 Å². The van der Waals surface area contributed by atoms with Gasteiger partial charge in [0.1, 0.15) is 17.0 Å². The number of fused-ring (bicyclic) bond motifs is 1. The molecule has 0 fully saturated rings. The summed E-state index contributed by atoms with van der Waals surface area (Å²) in [4.78, 5) is 36.2. The largest absolute Gasteiger partial charge is 0.497 e. The van der Waals surface area contributed by atoms with Gasteiger partial charge in [-0.3, -0.25) is 9.78 Å². The molecule has 4 aromatic rings. The summed E-state index contributed by atoms with van der Waals surface area (Å²) in [5, 5.41) is 3.03. The zero-order valence-corrected chi connectivity index (χ0v) is 15.3. The van der Waals surface area contributed by atoms with Crippen LogP contribution in [0, 0.1) is 5.82 Å². The first kappa shape index (κ1) is 18.4. The Morgan fingerprint density at radius 1 is 1.14 bits per heavy atom. The summed E-state index contributed by atoms with van der Waals surface area (Å²) in [5.41, 5.74) is -0.253. The smallest absolute Gasteiger partial charge is 0.334 e. The third-order valence-corrected chi connectivity index (χ3v) is 4.38. The quantitative estimate of drug-likeness (QED) is 0.539. The van der Waals surface area contributed by atoms with Crippen molar-refractivity contribution in [1.82, 2.24) is 19.5 Å². The van der Waals surface area contributed by atoms with Crippen molar-refractivity contribution in [2.45, 2.75) is 6.54 Å². The normalized spacial score (nSPS) is 10.8. The van der Waals surface area contributed by atoms with Crippen LogP contribution < -0.4 is 21.3 Å². The van der Waals surface area contributed by atoms with Crippen LogP contribution in [-0.2, 0) is 6.54 Å². The molecule has 0 aliphatic carbocycles. The molecule has 146 valence electrons. The van der Waals surface area contributed by atoms with E-state index in [1.807, 2.05) is 0 Å². The fourth-order valence-corrected chi connectivity index (χ4v) is 2.87. The molecule has 8 nitrogen and oxygen atoms in total. The molecule has 0 unspecified atom stereocenters. The molecule has 0 atom stereocenters. The molecule has 29 heavy (non-hydrogen) atoms. The molecule has 0 bridgehead atoms. The van der Waals surface area contributed by atoms with Crippen LogP contribution in [0.25, 0.3) is 16.7 Å². The van der Waals surface area contributed by atoms with E-state index in [0.29, 0.717) is 17.0 Å². The van der Waals surface area contributed by atoms with E-state index in [1.165, 1.54) is 19.4 Å². The monoisotopic (exact) mass is 393 g/mol. The highest BCUT2D eigenvalue weighted by Gasteiger charge is 2.12. The number of nitrogens with one attached hydrogen (secondary N) is 2. The number of aromatic nitrogens is 4. The summed E-state index contributed by atoms with van der Waals surface area (Å²) >= 11 is 0. The van der Waals surface area contributed by atoms with Gasteiger partial charge < -0.3 is 10.1 Å². The fraction of sp³-hybridized carbons (Fsp3) is 0.100. The Hall–Kier alpha value is -4.01. The Morgan fingerprint density at radius 3 is 2.62 bits per heavy atom. The van der Waals surface area contributed by atoms with Crippen molar-refractivity contribution in [2.24, 2.45) is 0 Å². The minimum Gasteiger partial charge on any atom is -0.497 e. The molecule has 0 amide bonds. The maximum Gasteiger partial charge on any atom is 0.334 e. The third kappa shape index (κ3) is 3.57. The standard InChI is InChI=1S/C20H16FN5O3/c1-29-14-8-6-13(7-9-14)26-18(27)15-11-23-19(24-17(15)25-20(26)28)22-10-12-4-2-3-5-16(12)21/h2-9,11H,10H2,1H3,(H2,22,23,24,25,28). The van der Waals surface area contributed by atoms with Crippen molar-refractivity contribution in [3.63, 3.8) is 0 Å². The third-order valence-electron chi connectivity index (χ3n) is 4.38. The van der Waals surface area contributed by atoms with E-state index < -0.39 is 11.2 Å². The second-order valence-electron chi connectivity index (χ2n) is 6.17. The Labute approximate surface area is 163 Å². The number of rotatable bonds is 5. The lowest BCUT2D eigenvalue weighted by Gasteiger charge is -2.09. The number of hydrogen-bond donors (Lipinski definition) is 2. The molecule has 0 aliphatic heterocycles. The molecule has 2 N–H and O–H groups in total. The van der Waals surface area contributed by atoms with Crippen LogP contribution in [-0.4, -0.2) is 26.6 Å². The van der Waals surface area contributed by atoms with Gasteiger partial charge in [-0.05, 0) is 30.3 Å². The number of H-pyrrole nitrogens is 1. The van der Waals surface area contributed by atoms with E-state index in [2.05, 4.69) is 20.3 Å². The highest BCUT2D eigenvalue weighted by atomic mass is 19.1. The van der Waals surface area contributed by atoms with Crippen molar-refractivity contribution >= 4 is 17.0 Å². The average molecular weight is 393 g/mol. The summed E-state index contributed by atoms with van der Waals surface area (Å²) in [6, 6.07) is 12.8. The fourth-order valence-electron chi connectivity index (χ4n) is 2.87. The number of hydrogen-bond acceptors (Lipinski definition) is 6. The van der Waals surface area contributed by atoms with E-state index in [-0.39, 0.29) is 29.3 Å². The van der Waals surface area contributed by atoms with Crippen molar-refractivity contribution in [3.05, 3.63) is 86.9 Å². The first-order chi connectivity index (χ1) is 14.1. The summed E-state index contributed by atoms with van der Waals surface area (Å²) in [6.07, 6.45) is 1.32. The van der Waals surface area contributed by atoms with Gasteiger partial charge >= 0.3 is 5.69 Å². The van der Waals surface area contributed by atoms with Gasteiger partial charge in [0.15, 0.2) is 5.65 Å². The molecule has 0 saturated heterocycles. The van der Waals surface area contributed by atoms with Crippen molar-refractivity contribution in [3.8, 4) is 11.4 Å². The number of aromatic amines is 1. The summed E-state index contributed by atoms with van der Waals surface area (Å²) in [7, 11) is 1.53. The zero-order chi connectivity index (χ0) is 20.4. The lowest BCUT2D eigenvalue weighted by Crippen LogP contribution is -2.34. The molecule has 4 rings (SSSR count). The van der Waals surface area contributed by atoms with Gasteiger partial charge in [-0.15, -0.1) is 0 Å². The van der Waals surface area contributed by atoms with Gasteiger partial charge in [-0.1, -0.05) is 18.2 Å². The second-order valence-corrected chi connectivity index (χ2v) is 6.17. The summed E-state index contributed by atoms with van der Waals surface area (Å²) in [6.45, 7) is 0.158. The molecular formula is C20H16FN5O3. The number of methoxy groups -OCH3 is 1. The van der Waals surface area contributed by atoms with Crippen LogP contribution in [0.2, 0.25) is 0 Å². The number of anilines is 1. The first-order valence-electron chi connectivity index (χ1n) is 8.70. The van der Waals surface area contributed by atoms with Gasteiger partial charge in [0.05, 0.1) is 12.8 Å². The molecule has 2 aromatic heterocycles. The minimum atomic E-state index is -0.633. The maximum atomic E-state index is 13.7. The van der Waals surface area contributed by atoms with E-state index in [4.69, 9.17) is 4.74 Å². The van der Waals surface area contributed by atoms with Gasteiger partial charge in [0.25, 0.3) is 5.56 Å². The van der Waals surface area contributed by atoms with Crippen molar-refractivity contribution < 1.29 is 9.13 Å². The number of nitrogens with zero attached hydrogens (tertiary/aromatic N) is 3. The average Bonchev–Trinajstić information content (AvgIpc) is 2.73. The molecule has 0 saturated carbocycles. The number of halogens is 1. The predicted octanol–water partition coefficient (Wildman–Crippen LogP) is 2.23. The highest BCUT2D eigenvalue weighted by molar-refractivity contribution is 5.73. The van der Waals surface area contributed by atoms with E-state index in [1.54, 1.807) is 42.5 Å². The highest BCUT2D eigenvalue weighted by Crippen LogP contribution is 2.14. The maximum absolute atomic E-state index is 13.7. The molecule has 9 heteroatoms. The molecule has 0 aliphatic rings. The lowest BCUT2D eigenvalue weighted by atomic mass is 10.2. The Kier molecular flexibility index (Phi) is 4.78. The number of ether oxygens (including phenoxy) is 1. The Morgan fingerprint density at radius 2 is 1.90 bits per heavy atom. The van der Waals surface area contributed by atoms with Gasteiger partial charge in [0, 0.05) is 18.3 Å². The Bertz CT molecular complexity index is 1300. The lowest BCUT2D eigenvalue weighted by molar-refractivity contribution is 0.414. The zero-order valence-electron chi connectivity index (χ0n) is 15.3. The van der Waals surface area contributed by atoms with Crippen LogP contribution in [0.5, 0.6) is 5.75 Å². The van der Waals surface area contributed by atoms with E-state index >= 15 is 0 Å². The van der Waals surface area contributed by atoms with E-state index in [0.717, 1.165) is 4.57 Å². The van der Waals surface area contributed by atoms with Gasteiger partial charge in [-0.2, -0.15) is 4.98 Å². The molecule has 2 heterocycles. The second kappa shape index (κ2) is 7.55. The predicted molar refractivity (Wildman–Crippen MR) is 106 cm³/mol. The molecule has 2 aromatic carbocycles. The van der Waals surface area contributed by atoms with Crippen LogP contribution in [0.1, 0.15) is 5.56 Å². The van der Waals surface area contributed by atoms with Gasteiger partial charge in [0.2, 0.25) is 5.95 Å². The molecule has 0 radical (unpaired) electrons. The first-order valence-corrected chi connectivity index (χ1v) is 8.70. The van der Waals surface area contributed by atoms with Gasteiger partial charge in [-0.25, -0.2) is 18.7 Å².